The quantitative estimate of drug-likeness (QED) is 0.593. The maximum atomic E-state index is 11.3. The highest BCUT2D eigenvalue weighted by atomic mass is 16.3. The van der Waals surface area contributed by atoms with Crippen LogP contribution in [-0.4, -0.2) is 47.8 Å². The van der Waals surface area contributed by atoms with Crippen LogP contribution >= 0.6 is 0 Å². The Kier molecular flexibility index (Phi) is 3.58. The number of hydrogen-bond donors (Lipinski definition) is 2. The first-order valence-electron chi connectivity index (χ1n) is 4.38. The fraction of sp³-hybridized carbons (Fsp3) is 0.625. The van der Waals surface area contributed by atoms with E-state index in [9.17, 15) is 9.59 Å². The minimum absolute atomic E-state index is 0.0938. The molecular weight excluding hydrogens is 186 g/mol. The van der Waals surface area contributed by atoms with Crippen LogP contribution in [0, 0.1) is 0 Å². The number of hydrogen-bond acceptors (Lipinski definition) is 4. The van der Waals surface area contributed by atoms with E-state index < -0.39 is 0 Å². The molecule has 6 nitrogen and oxygen atoms in total. The van der Waals surface area contributed by atoms with Gasteiger partial charge in [-0.25, -0.2) is 5.01 Å². The van der Waals surface area contributed by atoms with Crippen LogP contribution in [-0.2, 0) is 9.59 Å². The van der Waals surface area contributed by atoms with Crippen molar-refractivity contribution in [2.45, 2.75) is 12.8 Å². The number of aliphatic hydroxyl groups is 1. The second-order valence-corrected chi connectivity index (χ2v) is 2.94. The average Bonchev–Trinajstić information content (AvgIpc) is 2.18. The Morgan fingerprint density at radius 2 is 2.36 bits per heavy atom. The lowest BCUT2D eigenvalue weighted by Gasteiger charge is -2.18. The molecule has 0 saturated carbocycles. The molecule has 1 aliphatic heterocycles. The van der Waals surface area contributed by atoms with Gasteiger partial charge in [-0.2, -0.15) is 5.10 Å². The predicted molar refractivity (Wildman–Crippen MR) is 49.5 cm³/mol. The number of hydrazone groups is 1. The molecule has 2 amide bonds. The van der Waals surface area contributed by atoms with Crippen LogP contribution in [0.5, 0.6) is 0 Å². The number of nitrogens with one attached hydrogen (secondary N) is 1. The molecule has 0 aromatic heterocycles. The summed E-state index contributed by atoms with van der Waals surface area (Å²) in [6.45, 7) is 0.100. The summed E-state index contributed by atoms with van der Waals surface area (Å²) < 4.78 is 0. The normalized spacial score (nSPS) is 16.6. The first-order valence-corrected chi connectivity index (χ1v) is 4.38. The van der Waals surface area contributed by atoms with Crippen LogP contribution in [0.3, 0.4) is 0 Å². The van der Waals surface area contributed by atoms with Gasteiger partial charge < -0.3 is 10.4 Å². The first kappa shape index (κ1) is 10.6. The van der Waals surface area contributed by atoms with E-state index in [1.165, 1.54) is 7.05 Å². The molecule has 0 aromatic rings. The van der Waals surface area contributed by atoms with Crippen molar-refractivity contribution >= 4 is 17.5 Å². The highest BCUT2D eigenvalue weighted by Crippen LogP contribution is 2.06. The van der Waals surface area contributed by atoms with Crippen LogP contribution in [0.15, 0.2) is 5.10 Å². The summed E-state index contributed by atoms with van der Waals surface area (Å²) in [7, 11) is 1.51. The van der Waals surface area contributed by atoms with Crippen LogP contribution < -0.4 is 5.32 Å². The van der Waals surface area contributed by atoms with Gasteiger partial charge in [0.1, 0.15) is 5.71 Å². The Balaban J connectivity index is 2.56. The zero-order valence-electron chi connectivity index (χ0n) is 7.99. The van der Waals surface area contributed by atoms with Crippen LogP contribution in [0.4, 0.5) is 0 Å². The zero-order chi connectivity index (χ0) is 10.6. The van der Waals surface area contributed by atoms with Crippen molar-refractivity contribution in [1.82, 2.24) is 10.3 Å². The van der Waals surface area contributed by atoms with Crippen LogP contribution in [0.1, 0.15) is 12.8 Å². The van der Waals surface area contributed by atoms with Gasteiger partial charge >= 0.3 is 0 Å². The number of rotatable bonds is 3. The SMILES string of the molecule is CN1N=C(C(=O)NCCO)CCC1=O. The molecule has 1 heterocycles. The van der Waals surface area contributed by atoms with Crippen LogP contribution in [0.2, 0.25) is 0 Å². The third-order valence-electron chi connectivity index (χ3n) is 1.87. The summed E-state index contributed by atoms with van der Waals surface area (Å²) in [6, 6.07) is 0. The molecule has 0 spiro atoms. The fourth-order valence-electron chi connectivity index (χ4n) is 1.10. The van der Waals surface area contributed by atoms with Crippen LogP contribution in [0.25, 0.3) is 0 Å². The molecule has 0 radical (unpaired) electrons. The van der Waals surface area contributed by atoms with Gasteiger partial charge in [0.2, 0.25) is 5.91 Å². The zero-order valence-corrected chi connectivity index (χ0v) is 7.99. The molecule has 0 unspecified atom stereocenters. The average molecular weight is 199 g/mol. The molecule has 0 saturated heterocycles. The third kappa shape index (κ3) is 2.53. The van der Waals surface area contributed by atoms with Gasteiger partial charge in [0.15, 0.2) is 0 Å². The second-order valence-electron chi connectivity index (χ2n) is 2.94. The van der Waals surface area contributed by atoms with E-state index in [2.05, 4.69) is 10.4 Å². The minimum Gasteiger partial charge on any atom is -0.395 e. The van der Waals surface area contributed by atoms with E-state index >= 15 is 0 Å². The maximum Gasteiger partial charge on any atom is 0.267 e. The number of carbonyl (C=O) groups excluding carboxylic acids is 2. The van der Waals surface area contributed by atoms with E-state index in [4.69, 9.17) is 5.11 Å². The summed E-state index contributed by atoms with van der Waals surface area (Å²) in [5, 5.41) is 16.0. The molecular formula is C8H13N3O3. The van der Waals surface area contributed by atoms with Gasteiger partial charge in [0.25, 0.3) is 5.91 Å². The molecule has 78 valence electrons. The maximum absolute atomic E-state index is 11.3. The van der Waals surface area contributed by atoms with Gasteiger partial charge in [-0.3, -0.25) is 9.59 Å². The Bertz CT molecular complexity index is 275. The predicted octanol–water partition coefficient (Wildman–Crippen LogP) is -1.30. The van der Waals surface area contributed by atoms with E-state index in [0.29, 0.717) is 18.6 Å². The first-order chi connectivity index (χ1) is 6.65. The highest BCUT2D eigenvalue weighted by molar-refractivity contribution is 6.39. The number of amides is 2. The van der Waals surface area contributed by atoms with Crippen molar-refractivity contribution in [2.24, 2.45) is 5.10 Å². The lowest BCUT2D eigenvalue weighted by Crippen LogP contribution is -2.38. The standard InChI is InChI=1S/C8H13N3O3/c1-11-7(13)3-2-6(10-11)8(14)9-4-5-12/h12H,2-5H2,1H3,(H,9,14). The molecule has 1 aliphatic rings. The summed E-state index contributed by atoms with van der Waals surface area (Å²) in [4.78, 5) is 22.3. The van der Waals surface area contributed by atoms with Gasteiger partial charge in [-0.15, -0.1) is 0 Å². The Hall–Kier alpha value is -1.43. The summed E-state index contributed by atoms with van der Waals surface area (Å²) >= 11 is 0. The molecule has 1 rings (SSSR count). The van der Waals surface area contributed by atoms with E-state index in [1.807, 2.05) is 0 Å². The van der Waals surface area contributed by atoms with Crippen molar-refractivity contribution in [3.63, 3.8) is 0 Å². The van der Waals surface area contributed by atoms with Crippen molar-refractivity contribution in [2.75, 3.05) is 20.2 Å². The number of aliphatic hydroxyl groups excluding tert-OH is 1. The monoisotopic (exact) mass is 199 g/mol. The molecule has 0 atom stereocenters. The van der Waals surface area contributed by atoms with E-state index in [0.717, 1.165) is 5.01 Å². The Morgan fingerprint density at radius 3 is 2.93 bits per heavy atom. The van der Waals surface area contributed by atoms with Crippen molar-refractivity contribution in [3.05, 3.63) is 0 Å². The molecule has 14 heavy (non-hydrogen) atoms. The van der Waals surface area contributed by atoms with E-state index in [1.54, 1.807) is 0 Å². The van der Waals surface area contributed by atoms with Crippen molar-refractivity contribution in [3.8, 4) is 0 Å². The Labute approximate surface area is 81.6 Å². The smallest absolute Gasteiger partial charge is 0.267 e. The molecule has 0 aromatic carbocycles. The lowest BCUT2D eigenvalue weighted by atomic mass is 10.1. The van der Waals surface area contributed by atoms with Crippen molar-refractivity contribution in [1.29, 1.82) is 0 Å². The van der Waals surface area contributed by atoms with Gasteiger partial charge in [0, 0.05) is 26.4 Å². The van der Waals surface area contributed by atoms with Gasteiger partial charge in [0.05, 0.1) is 6.61 Å². The van der Waals surface area contributed by atoms with E-state index in [-0.39, 0.29) is 25.0 Å². The van der Waals surface area contributed by atoms with Gasteiger partial charge in [-0.1, -0.05) is 0 Å². The third-order valence-corrected chi connectivity index (χ3v) is 1.87. The molecule has 2 N–H and O–H groups in total. The number of nitrogens with zero attached hydrogens (tertiary/aromatic N) is 2. The highest BCUT2D eigenvalue weighted by Gasteiger charge is 2.21. The summed E-state index contributed by atoms with van der Waals surface area (Å²) in [5.41, 5.74) is 0.334. The second kappa shape index (κ2) is 4.71. The molecule has 0 fully saturated rings. The number of carbonyl (C=O) groups is 2. The van der Waals surface area contributed by atoms with Gasteiger partial charge in [-0.05, 0) is 0 Å². The fourth-order valence-corrected chi connectivity index (χ4v) is 1.10. The summed E-state index contributed by atoms with van der Waals surface area (Å²) in [5.74, 6) is -0.415. The summed E-state index contributed by atoms with van der Waals surface area (Å²) in [6.07, 6.45) is 0.669. The van der Waals surface area contributed by atoms with Crippen molar-refractivity contribution < 1.29 is 14.7 Å². The largest absolute Gasteiger partial charge is 0.395 e. The topological polar surface area (TPSA) is 82.0 Å². The molecule has 0 aliphatic carbocycles. The molecule has 6 heteroatoms. The Morgan fingerprint density at radius 1 is 1.64 bits per heavy atom. The minimum atomic E-state index is -0.321. The molecule has 0 bridgehead atoms. The lowest BCUT2D eigenvalue weighted by molar-refractivity contribution is -0.130.